The fourth-order valence-corrected chi connectivity index (χ4v) is 4.95. The number of benzene rings is 1. The fourth-order valence-electron chi connectivity index (χ4n) is 4.95. The van der Waals surface area contributed by atoms with Gasteiger partial charge in [0.05, 0.1) is 17.6 Å². The van der Waals surface area contributed by atoms with E-state index in [-0.39, 0.29) is 11.9 Å². The van der Waals surface area contributed by atoms with Gasteiger partial charge >= 0.3 is 0 Å². The Morgan fingerprint density at radius 3 is 2.60 bits per heavy atom. The summed E-state index contributed by atoms with van der Waals surface area (Å²) < 4.78 is 0. The average Bonchev–Trinajstić information content (AvgIpc) is 2.74. The maximum absolute atomic E-state index is 12.7. The molecule has 1 aliphatic carbocycles. The van der Waals surface area contributed by atoms with Crippen molar-refractivity contribution in [1.82, 2.24) is 25.1 Å². The Kier molecular flexibility index (Phi) is 6.26. The van der Waals surface area contributed by atoms with Crippen LogP contribution in [0.4, 0.5) is 0 Å². The number of carbonyl (C=O) groups is 1. The molecule has 2 aliphatic rings. The van der Waals surface area contributed by atoms with Gasteiger partial charge in [0.15, 0.2) is 0 Å². The molecule has 3 unspecified atom stereocenters. The normalized spacial score (nSPS) is 25.7. The summed E-state index contributed by atoms with van der Waals surface area (Å²) in [5, 5.41) is 12.7. The summed E-state index contributed by atoms with van der Waals surface area (Å²) in [4.78, 5) is 26.2. The molecule has 1 aliphatic heterocycles. The molecule has 1 saturated heterocycles. The summed E-state index contributed by atoms with van der Waals surface area (Å²) in [6.45, 7) is 6.66. The molecular weight excluding hydrogens is 376 g/mol. The molecule has 0 spiro atoms. The Labute approximate surface area is 178 Å². The molecular formula is C23H30N6O. The zero-order valence-corrected chi connectivity index (χ0v) is 17.8. The van der Waals surface area contributed by atoms with E-state index in [1.165, 1.54) is 0 Å². The lowest BCUT2D eigenvalue weighted by molar-refractivity contribution is -0.123. The van der Waals surface area contributed by atoms with Crippen LogP contribution in [0.5, 0.6) is 0 Å². The molecule has 0 radical (unpaired) electrons. The van der Waals surface area contributed by atoms with Crippen molar-refractivity contribution in [1.29, 1.82) is 5.26 Å². The SMILES string of the molecule is CC1CC(NC(=O)CN2CCN(C)CC2)CC(c2ccc(C#N)c3nccnc23)C1. The fraction of sp³-hybridized carbons (Fsp3) is 0.565. The van der Waals surface area contributed by atoms with Crippen molar-refractivity contribution in [3.8, 4) is 6.07 Å². The largest absolute Gasteiger partial charge is 0.352 e. The first-order valence-corrected chi connectivity index (χ1v) is 10.9. The van der Waals surface area contributed by atoms with E-state index in [2.05, 4.69) is 45.1 Å². The van der Waals surface area contributed by atoms with E-state index in [0.29, 0.717) is 29.5 Å². The van der Waals surface area contributed by atoms with E-state index in [1.807, 2.05) is 12.1 Å². The third-order valence-corrected chi connectivity index (χ3v) is 6.49. The van der Waals surface area contributed by atoms with Crippen LogP contribution in [-0.4, -0.2) is 71.5 Å². The number of nitrogens with zero attached hydrogens (tertiary/aromatic N) is 5. The molecule has 7 heteroatoms. The van der Waals surface area contributed by atoms with Crippen molar-refractivity contribution in [2.45, 2.75) is 38.1 Å². The van der Waals surface area contributed by atoms with Crippen molar-refractivity contribution >= 4 is 16.9 Å². The number of aromatic nitrogens is 2. The van der Waals surface area contributed by atoms with E-state index in [0.717, 1.165) is 56.5 Å². The van der Waals surface area contributed by atoms with Gasteiger partial charge in [-0.15, -0.1) is 0 Å². The van der Waals surface area contributed by atoms with Gasteiger partial charge in [0.25, 0.3) is 0 Å². The first kappa shape index (κ1) is 20.7. The van der Waals surface area contributed by atoms with E-state index in [9.17, 15) is 10.1 Å². The molecule has 1 amide bonds. The highest BCUT2D eigenvalue weighted by Gasteiger charge is 2.30. The summed E-state index contributed by atoms with van der Waals surface area (Å²) >= 11 is 0. The topological polar surface area (TPSA) is 85.2 Å². The van der Waals surface area contributed by atoms with Gasteiger partial charge in [-0.3, -0.25) is 19.7 Å². The van der Waals surface area contributed by atoms with Gasteiger partial charge in [-0.2, -0.15) is 5.26 Å². The molecule has 2 aromatic rings. The van der Waals surface area contributed by atoms with Gasteiger partial charge in [0.1, 0.15) is 11.6 Å². The summed E-state index contributed by atoms with van der Waals surface area (Å²) in [5.74, 6) is 0.941. The molecule has 2 heterocycles. The zero-order chi connectivity index (χ0) is 21.1. The van der Waals surface area contributed by atoms with Gasteiger partial charge in [-0.25, -0.2) is 0 Å². The monoisotopic (exact) mass is 406 g/mol. The number of carbonyl (C=O) groups excluding carboxylic acids is 1. The van der Waals surface area contributed by atoms with Crippen LogP contribution in [0, 0.1) is 17.2 Å². The zero-order valence-electron chi connectivity index (χ0n) is 17.8. The number of rotatable bonds is 4. The molecule has 7 nitrogen and oxygen atoms in total. The minimum Gasteiger partial charge on any atom is -0.352 e. The Bertz CT molecular complexity index is 946. The first-order chi connectivity index (χ1) is 14.5. The Hall–Kier alpha value is -2.56. The van der Waals surface area contributed by atoms with Crippen LogP contribution in [-0.2, 0) is 4.79 Å². The molecule has 0 bridgehead atoms. The molecule has 3 atom stereocenters. The Morgan fingerprint density at radius 1 is 1.13 bits per heavy atom. The summed E-state index contributed by atoms with van der Waals surface area (Å²) in [6.07, 6.45) is 6.29. The van der Waals surface area contributed by atoms with E-state index < -0.39 is 0 Å². The van der Waals surface area contributed by atoms with E-state index in [4.69, 9.17) is 0 Å². The van der Waals surface area contributed by atoms with Gasteiger partial charge in [0.2, 0.25) is 5.91 Å². The second-order valence-electron chi connectivity index (χ2n) is 8.92. The lowest BCUT2D eigenvalue weighted by atomic mass is 9.75. The average molecular weight is 407 g/mol. The van der Waals surface area contributed by atoms with Gasteiger partial charge in [-0.1, -0.05) is 13.0 Å². The van der Waals surface area contributed by atoms with Crippen molar-refractivity contribution in [3.05, 3.63) is 35.7 Å². The molecule has 1 aromatic carbocycles. The summed E-state index contributed by atoms with van der Waals surface area (Å²) in [7, 11) is 2.12. The number of fused-ring (bicyclic) bond motifs is 1. The van der Waals surface area contributed by atoms with E-state index >= 15 is 0 Å². The molecule has 1 saturated carbocycles. The quantitative estimate of drug-likeness (QED) is 0.837. The summed E-state index contributed by atoms with van der Waals surface area (Å²) in [5.41, 5.74) is 3.19. The maximum atomic E-state index is 12.7. The predicted octanol–water partition coefficient (Wildman–Crippen LogP) is 2.14. The second kappa shape index (κ2) is 9.07. The van der Waals surface area contributed by atoms with Crippen LogP contribution in [0.2, 0.25) is 0 Å². The molecule has 1 N–H and O–H groups in total. The highest BCUT2D eigenvalue weighted by molar-refractivity contribution is 5.84. The minimum absolute atomic E-state index is 0.127. The van der Waals surface area contributed by atoms with Gasteiger partial charge < -0.3 is 10.2 Å². The van der Waals surface area contributed by atoms with E-state index in [1.54, 1.807) is 12.4 Å². The number of nitriles is 1. The molecule has 1 aromatic heterocycles. The van der Waals surface area contributed by atoms with Crippen molar-refractivity contribution in [2.75, 3.05) is 39.8 Å². The third-order valence-electron chi connectivity index (χ3n) is 6.49. The van der Waals surface area contributed by atoms with Crippen LogP contribution in [0.3, 0.4) is 0 Å². The maximum Gasteiger partial charge on any atom is 0.234 e. The number of piperazine rings is 1. The highest BCUT2D eigenvalue weighted by Crippen LogP contribution is 2.38. The number of hydrogen-bond acceptors (Lipinski definition) is 6. The molecule has 30 heavy (non-hydrogen) atoms. The van der Waals surface area contributed by atoms with Gasteiger partial charge in [0, 0.05) is 44.6 Å². The number of likely N-dealkylation sites (N-methyl/N-ethyl adjacent to an activating group) is 1. The Balaban J connectivity index is 1.46. The Morgan fingerprint density at radius 2 is 1.87 bits per heavy atom. The number of amides is 1. The van der Waals surface area contributed by atoms with Crippen LogP contribution < -0.4 is 5.32 Å². The first-order valence-electron chi connectivity index (χ1n) is 10.9. The minimum atomic E-state index is 0.127. The standard InChI is InChI=1S/C23H30N6O/c1-16-11-18(20-4-3-17(14-24)22-23(20)26-6-5-25-22)13-19(12-16)27-21(30)15-29-9-7-28(2)8-10-29/h3-6,16,18-19H,7-13,15H2,1-2H3,(H,27,30). The second-order valence-corrected chi connectivity index (χ2v) is 8.92. The van der Waals surface area contributed by atoms with Crippen molar-refractivity contribution in [3.63, 3.8) is 0 Å². The molecule has 158 valence electrons. The highest BCUT2D eigenvalue weighted by atomic mass is 16.2. The van der Waals surface area contributed by atoms with Crippen molar-refractivity contribution < 1.29 is 4.79 Å². The predicted molar refractivity (Wildman–Crippen MR) is 116 cm³/mol. The van der Waals surface area contributed by atoms with Crippen LogP contribution in [0.1, 0.15) is 43.2 Å². The van der Waals surface area contributed by atoms with Crippen LogP contribution in [0.25, 0.3) is 11.0 Å². The lowest BCUT2D eigenvalue weighted by Gasteiger charge is -2.35. The molecule has 4 rings (SSSR count). The van der Waals surface area contributed by atoms with Crippen molar-refractivity contribution in [2.24, 2.45) is 5.92 Å². The lowest BCUT2D eigenvalue weighted by Crippen LogP contribution is -2.50. The van der Waals surface area contributed by atoms with Gasteiger partial charge in [-0.05, 0) is 49.8 Å². The summed E-state index contributed by atoms with van der Waals surface area (Å²) in [6, 6.07) is 6.27. The number of hydrogen-bond donors (Lipinski definition) is 1. The number of nitrogens with one attached hydrogen (secondary N) is 1. The van der Waals surface area contributed by atoms with Crippen LogP contribution in [0.15, 0.2) is 24.5 Å². The van der Waals surface area contributed by atoms with Crippen LogP contribution >= 0.6 is 0 Å². The smallest absolute Gasteiger partial charge is 0.234 e. The third kappa shape index (κ3) is 4.61. The molecule has 2 fully saturated rings.